The van der Waals surface area contributed by atoms with Crippen LogP contribution in [0.5, 0.6) is 0 Å². The molecule has 190 valence electrons. The zero-order valence-corrected chi connectivity index (χ0v) is 22.7. The molecule has 4 nitrogen and oxygen atoms in total. The largest absolute Gasteiger partial charge is 0.374 e. The molecule has 1 aliphatic carbocycles. The third-order valence-corrected chi connectivity index (χ3v) is 8.61. The molecule has 1 N–H and O–H groups in total. The number of ketones is 2. The summed E-state index contributed by atoms with van der Waals surface area (Å²) in [4.78, 5) is 25.6. The number of hydrogen-bond acceptors (Lipinski definition) is 4. The molecule has 5 atom stereocenters. The highest BCUT2D eigenvalue weighted by molar-refractivity contribution is 6.14. The van der Waals surface area contributed by atoms with E-state index in [0.29, 0.717) is 29.9 Å². The van der Waals surface area contributed by atoms with Crippen LogP contribution in [0, 0.1) is 17.8 Å². The zero-order valence-electron chi connectivity index (χ0n) is 22.7. The van der Waals surface area contributed by atoms with Crippen molar-refractivity contribution < 1.29 is 19.4 Å². The maximum atomic E-state index is 13.1. The van der Waals surface area contributed by atoms with Crippen LogP contribution in [-0.2, 0) is 14.3 Å². The molecule has 1 aliphatic heterocycles. The van der Waals surface area contributed by atoms with Crippen molar-refractivity contribution in [2.45, 2.75) is 143 Å². The Kier molecular flexibility index (Phi) is 9.55. The van der Waals surface area contributed by atoms with Gasteiger partial charge in [-0.2, -0.15) is 0 Å². The Morgan fingerprint density at radius 3 is 1.97 bits per heavy atom. The van der Waals surface area contributed by atoms with Crippen LogP contribution in [0.2, 0.25) is 0 Å². The van der Waals surface area contributed by atoms with Gasteiger partial charge in [-0.1, -0.05) is 79.1 Å². The van der Waals surface area contributed by atoms with Gasteiger partial charge in [-0.3, -0.25) is 9.59 Å². The summed E-state index contributed by atoms with van der Waals surface area (Å²) in [7, 11) is 0. The van der Waals surface area contributed by atoms with E-state index in [2.05, 4.69) is 27.7 Å². The predicted octanol–water partition coefficient (Wildman–Crippen LogP) is 6.97. The molecule has 4 heteroatoms. The third-order valence-electron chi connectivity index (χ3n) is 8.61. The van der Waals surface area contributed by atoms with Crippen molar-refractivity contribution in [3.8, 4) is 0 Å². The molecule has 0 amide bonds. The molecular formula is C29H50O4. The SMILES string of the molecule is CC(=O)C1(O)C(C)=C(C)C(=O)C12CCC(C)(CCCC(C)CCCC(C)CCCC(C)C)O2. The van der Waals surface area contributed by atoms with Crippen molar-refractivity contribution >= 4 is 11.6 Å². The fourth-order valence-electron chi connectivity index (χ4n) is 6.12. The Balaban J connectivity index is 1.80. The Labute approximate surface area is 202 Å². The van der Waals surface area contributed by atoms with Crippen LogP contribution in [0.15, 0.2) is 11.1 Å². The average Bonchev–Trinajstić information content (AvgIpc) is 3.15. The number of carbonyl (C=O) groups excluding carboxylic acids is 2. The molecule has 1 saturated heterocycles. The van der Waals surface area contributed by atoms with Gasteiger partial charge in [-0.15, -0.1) is 0 Å². The molecule has 1 fully saturated rings. The molecule has 5 unspecified atom stereocenters. The van der Waals surface area contributed by atoms with E-state index >= 15 is 0 Å². The Bertz CT molecular complexity index is 738. The molecule has 0 bridgehead atoms. The lowest BCUT2D eigenvalue weighted by molar-refractivity contribution is -0.188. The van der Waals surface area contributed by atoms with Gasteiger partial charge in [0.2, 0.25) is 0 Å². The summed E-state index contributed by atoms with van der Waals surface area (Å²) >= 11 is 0. The van der Waals surface area contributed by atoms with E-state index in [1.807, 2.05) is 6.92 Å². The second-order valence-electron chi connectivity index (χ2n) is 12.1. The van der Waals surface area contributed by atoms with Gasteiger partial charge in [0.1, 0.15) is 0 Å². The second kappa shape index (κ2) is 11.2. The second-order valence-corrected chi connectivity index (χ2v) is 12.1. The fourth-order valence-corrected chi connectivity index (χ4v) is 6.12. The molecule has 1 spiro atoms. The van der Waals surface area contributed by atoms with Crippen molar-refractivity contribution in [1.29, 1.82) is 0 Å². The van der Waals surface area contributed by atoms with Crippen molar-refractivity contribution in [3.63, 3.8) is 0 Å². The quantitative estimate of drug-likeness (QED) is 0.321. The highest BCUT2D eigenvalue weighted by Gasteiger charge is 2.69. The molecule has 1 heterocycles. The van der Waals surface area contributed by atoms with Gasteiger partial charge in [-0.25, -0.2) is 0 Å². The van der Waals surface area contributed by atoms with E-state index in [9.17, 15) is 14.7 Å². The minimum absolute atomic E-state index is 0.211. The maximum absolute atomic E-state index is 13.1. The van der Waals surface area contributed by atoms with Crippen LogP contribution in [0.4, 0.5) is 0 Å². The standard InChI is InChI=1S/C29H50O4/c1-20(2)12-9-13-21(3)14-10-15-22(4)16-11-17-27(8)18-19-28(33-27)26(31)23(5)24(6)29(28,32)25(7)30/h20-22,32H,9-19H2,1-8H3. The van der Waals surface area contributed by atoms with Crippen LogP contribution in [0.1, 0.15) is 126 Å². The number of ether oxygens (including phenoxy) is 1. The highest BCUT2D eigenvalue weighted by atomic mass is 16.6. The van der Waals surface area contributed by atoms with E-state index < -0.39 is 22.6 Å². The van der Waals surface area contributed by atoms with E-state index in [4.69, 9.17) is 4.74 Å². The number of carbonyl (C=O) groups is 2. The summed E-state index contributed by atoms with van der Waals surface area (Å²) in [5.74, 6) is 1.70. The first-order valence-corrected chi connectivity index (χ1v) is 13.5. The van der Waals surface area contributed by atoms with Gasteiger partial charge in [0, 0.05) is 0 Å². The summed E-state index contributed by atoms with van der Waals surface area (Å²) in [6, 6.07) is 0. The first kappa shape index (κ1) is 28.2. The van der Waals surface area contributed by atoms with Gasteiger partial charge < -0.3 is 9.84 Å². The number of hydrogen-bond donors (Lipinski definition) is 1. The minimum Gasteiger partial charge on any atom is -0.374 e. The number of aliphatic hydroxyl groups is 1. The van der Waals surface area contributed by atoms with Gasteiger partial charge in [-0.05, 0) is 75.9 Å². The van der Waals surface area contributed by atoms with Gasteiger partial charge >= 0.3 is 0 Å². The van der Waals surface area contributed by atoms with Crippen molar-refractivity contribution in [2.75, 3.05) is 0 Å². The zero-order chi connectivity index (χ0) is 25.0. The Morgan fingerprint density at radius 2 is 1.45 bits per heavy atom. The van der Waals surface area contributed by atoms with Crippen molar-refractivity contribution in [2.24, 2.45) is 17.8 Å². The molecule has 0 saturated carbocycles. The number of Topliss-reactive ketones (excluding diaryl/α,β-unsaturated/α-hetero) is 2. The molecule has 0 aromatic carbocycles. The summed E-state index contributed by atoms with van der Waals surface area (Å²) in [6.45, 7) is 16.1. The van der Waals surface area contributed by atoms with Crippen LogP contribution in [-0.4, -0.2) is 33.5 Å². The molecule has 0 aromatic heterocycles. The lowest BCUT2D eigenvalue weighted by Gasteiger charge is -2.39. The van der Waals surface area contributed by atoms with E-state index in [1.165, 1.54) is 45.4 Å². The van der Waals surface area contributed by atoms with Gasteiger partial charge in [0.15, 0.2) is 22.8 Å². The lowest BCUT2D eigenvalue weighted by Crippen LogP contribution is -2.60. The molecule has 2 aliphatic rings. The Morgan fingerprint density at radius 1 is 0.939 bits per heavy atom. The van der Waals surface area contributed by atoms with Crippen LogP contribution in [0.25, 0.3) is 0 Å². The van der Waals surface area contributed by atoms with E-state index in [0.717, 1.165) is 31.1 Å². The monoisotopic (exact) mass is 462 g/mol. The van der Waals surface area contributed by atoms with Crippen LogP contribution < -0.4 is 0 Å². The molecule has 0 radical (unpaired) electrons. The maximum Gasteiger partial charge on any atom is 0.194 e. The summed E-state index contributed by atoms with van der Waals surface area (Å²) < 4.78 is 6.41. The Hall–Kier alpha value is -1.00. The summed E-state index contributed by atoms with van der Waals surface area (Å²) in [6.07, 6.45) is 12.1. The van der Waals surface area contributed by atoms with Crippen LogP contribution in [0.3, 0.4) is 0 Å². The summed E-state index contributed by atoms with van der Waals surface area (Å²) in [5, 5.41) is 11.3. The summed E-state index contributed by atoms with van der Waals surface area (Å²) in [5.41, 5.74) is -2.81. The van der Waals surface area contributed by atoms with E-state index in [-0.39, 0.29) is 5.78 Å². The minimum atomic E-state index is -1.83. The normalized spacial score (nSPS) is 31.8. The third kappa shape index (κ3) is 5.99. The van der Waals surface area contributed by atoms with Crippen molar-refractivity contribution in [3.05, 3.63) is 11.1 Å². The van der Waals surface area contributed by atoms with Crippen molar-refractivity contribution in [1.82, 2.24) is 0 Å². The van der Waals surface area contributed by atoms with Gasteiger partial charge in [0.25, 0.3) is 0 Å². The fraction of sp³-hybridized carbons (Fsp3) is 0.862. The average molecular weight is 463 g/mol. The number of rotatable bonds is 13. The van der Waals surface area contributed by atoms with E-state index in [1.54, 1.807) is 13.8 Å². The lowest BCUT2D eigenvalue weighted by atomic mass is 9.77. The molecule has 33 heavy (non-hydrogen) atoms. The predicted molar refractivity (Wildman–Crippen MR) is 135 cm³/mol. The molecule has 0 aromatic rings. The highest BCUT2D eigenvalue weighted by Crippen LogP contribution is 2.54. The van der Waals surface area contributed by atoms with Gasteiger partial charge in [0.05, 0.1) is 5.60 Å². The van der Waals surface area contributed by atoms with Crippen LogP contribution >= 0.6 is 0 Å². The molecular weight excluding hydrogens is 412 g/mol. The first-order valence-electron chi connectivity index (χ1n) is 13.5. The first-order chi connectivity index (χ1) is 15.3. The topological polar surface area (TPSA) is 63.6 Å². The smallest absolute Gasteiger partial charge is 0.194 e. The molecule has 2 rings (SSSR count).